The fourth-order valence-corrected chi connectivity index (χ4v) is 2.98. The van der Waals surface area contributed by atoms with Gasteiger partial charge in [0.25, 0.3) is 5.91 Å². The molecule has 0 radical (unpaired) electrons. The first-order valence-corrected chi connectivity index (χ1v) is 8.90. The van der Waals surface area contributed by atoms with E-state index in [0.717, 1.165) is 25.0 Å². The lowest BCUT2D eigenvalue weighted by Crippen LogP contribution is -2.38. The number of aromatic nitrogens is 4. The molecule has 1 fully saturated rings. The van der Waals surface area contributed by atoms with Gasteiger partial charge < -0.3 is 10.4 Å². The number of rotatable bonds is 7. The van der Waals surface area contributed by atoms with E-state index in [2.05, 4.69) is 29.4 Å². The number of carbonyl (C=O) groups is 1. The van der Waals surface area contributed by atoms with E-state index in [-0.39, 0.29) is 18.5 Å². The van der Waals surface area contributed by atoms with Crippen molar-refractivity contribution in [1.82, 2.24) is 24.9 Å². The average Bonchev–Trinajstić information content (AvgIpc) is 3.16. The Balaban J connectivity index is 1.74. The molecule has 2 atom stereocenters. The third-order valence-corrected chi connectivity index (χ3v) is 4.97. The van der Waals surface area contributed by atoms with Gasteiger partial charge in [-0.3, -0.25) is 14.2 Å². The van der Waals surface area contributed by atoms with Crippen LogP contribution in [0.15, 0.2) is 18.6 Å². The third kappa shape index (κ3) is 3.61. The molecule has 25 heavy (non-hydrogen) atoms. The summed E-state index contributed by atoms with van der Waals surface area (Å²) in [6.45, 7) is 6.03. The molecule has 1 saturated carbocycles. The Morgan fingerprint density at radius 2 is 2.16 bits per heavy atom. The van der Waals surface area contributed by atoms with Crippen molar-refractivity contribution in [1.29, 1.82) is 0 Å². The molecule has 2 aromatic rings. The highest BCUT2D eigenvalue weighted by atomic mass is 16.3. The summed E-state index contributed by atoms with van der Waals surface area (Å²) in [6.07, 6.45) is 8.21. The molecule has 0 spiro atoms. The van der Waals surface area contributed by atoms with Gasteiger partial charge in [-0.2, -0.15) is 10.2 Å². The van der Waals surface area contributed by atoms with Gasteiger partial charge >= 0.3 is 0 Å². The molecule has 7 nitrogen and oxygen atoms in total. The fraction of sp³-hybridized carbons (Fsp3) is 0.611. The number of aliphatic hydroxyl groups is 1. The highest BCUT2D eigenvalue weighted by molar-refractivity contribution is 5.95. The number of aryl methyl sites for hydroxylation is 1. The van der Waals surface area contributed by atoms with Crippen molar-refractivity contribution < 1.29 is 9.90 Å². The van der Waals surface area contributed by atoms with E-state index in [4.69, 9.17) is 0 Å². The van der Waals surface area contributed by atoms with Crippen LogP contribution in [0.4, 0.5) is 0 Å². The Kier molecular flexibility index (Phi) is 4.69. The molecular weight excluding hydrogens is 318 g/mol. The zero-order chi connectivity index (χ0) is 18.2. The van der Waals surface area contributed by atoms with Crippen molar-refractivity contribution in [3.8, 4) is 0 Å². The first-order chi connectivity index (χ1) is 11.8. The maximum absolute atomic E-state index is 12.7. The number of carbonyl (C=O) groups excluding carboxylic acids is 1. The quantitative estimate of drug-likeness (QED) is 0.805. The Labute approximate surface area is 148 Å². The van der Waals surface area contributed by atoms with Crippen LogP contribution in [-0.2, 0) is 12.6 Å². The van der Waals surface area contributed by atoms with Crippen LogP contribution in [0.1, 0.15) is 73.6 Å². The molecule has 0 aromatic carbocycles. The lowest BCUT2D eigenvalue weighted by Gasteiger charge is -2.22. The Hall–Kier alpha value is -2.15. The molecule has 2 unspecified atom stereocenters. The SMILES string of the molecule is CCC(C)n1ncc(C(=O)NCC(C)(O)c2cnn(C)c2)c1C1CC1. The highest BCUT2D eigenvalue weighted by Crippen LogP contribution is 2.42. The molecule has 1 aliphatic rings. The van der Waals surface area contributed by atoms with Crippen LogP contribution in [0.5, 0.6) is 0 Å². The van der Waals surface area contributed by atoms with Crippen molar-refractivity contribution in [2.75, 3.05) is 6.54 Å². The van der Waals surface area contributed by atoms with E-state index in [1.54, 1.807) is 37.2 Å². The molecule has 136 valence electrons. The molecule has 0 saturated heterocycles. The Bertz CT molecular complexity index is 757. The summed E-state index contributed by atoms with van der Waals surface area (Å²) in [5, 5.41) is 22.0. The minimum Gasteiger partial charge on any atom is -0.383 e. The van der Waals surface area contributed by atoms with E-state index in [9.17, 15) is 9.90 Å². The fourth-order valence-electron chi connectivity index (χ4n) is 2.98. The van der Waals surface area contributed by atoms with Gasteiger partial charge in [0.15, 0.2) is 0 Å². The lowest BCUT2D eigenvalue weighted by atomic mass is 9.99. The highest BCUT2D eigenvalue weighted by Gasteiger charge is 2.34. The largest absolute Gasteiger partial charge is 0.383 e. The second kappa shape index (κ2) is 6.63. The maximum atomic E-state index is 12.7. The second-order valence-electron chi connectivity index (χ2n) is 7.28. The van der Waals surface area contributed by atoms with Crippen molar-refractivity contribution in [2.45, 2.75) is 57.6 Å². The summed E-state index contributed by atoms with van der Waals surface area (Å²) >= 11 is 0. The van der Waals surface area contributed by atoms with Crippen molar-refractivity contribution in [2.24, 2.45) is 7.05 Å². The second-order valence-corrected chi connectivity index (χ2v) is 7.28. The summed E-state index contributed by atoms with van der Waals surface area (Å²) in [4.78, 5) is 12.7. The van der Waals surface area contributed by atoms with Crippen molar-refractivity contribution in [3.05, 3.63) is 35.4 Å². The van der Waals surface area contributed by atoms with Crippen LogP contribution in [0.3, 0.4) is 0 Å². The summed E-state index contributed by atoms with van der Waals surface area (Å²) in [5.41, 5.74) is 1.17. The smallest absolute Gasteiger partial charge is 0.254 e. The van der Waals surface area contributed by atoms with Crippen LogP contribution in [0.25, 0.3) is 0 Å². The van der Waals surface area contributed by atoms with Gasteiger partial charge in [-0.25, -0.2) is 0 Å². The predicted molar refractivity (Wildman–Crippen MR) is 94.3 cm³/mol. The predicted octanol–water partition coefficient (Wildman–Crippen LogP) is 2.10. The molecule has 7 heteroatoms. The van der Waals surface area contributed by atoms with E-state index in [1.165, 1.54) is 0 Å². The van der Waals surface area contributed by atoms with Crippen LogP contribution in [-0.4, -0.2) is 37.1 Å². The van der Waals surface area contributed by atoms with Crippen molar-refractivity contribution >= 4 is 5.91 Å². The monoisotopic (exact) mass is 345 g/mol. The molecule has 1 aliphatic carbocycles. The van der Waals surface area contributed by atoms with Crippen molar-refractivity contribution in [3.63, 3.8) is 0 Å². The van der Waals surface area contributed by atoms with Gasteiger partial charge in [0.2, 0.25) is 0 Å². The van der Waals surface area contributed by atoms with Crippen LogP contribution >= 0.6 is 0 Å². The van der Waals surface area contributed by atoms with Gasteiger partial charge in [-0.05, 0) is 33.1 Å². The topological polar surface area (TPSA) is 85.0 Å². The van der Waals surface area contributed by atoms with Gasteiger partial charge in [-0.15, -0.1) is 0 Å². The van der Waals surface area contributed by atoms with Gasteiger partial charge in [0, 0.05) is 30.8 Å². The Morgan fingerprint density at radius 3 is 2.72 bits per heavy atom. The molecule has 2 N–H and O–H groups in total. The van der Waals surface area contributed by atoms with Gasteiger partial charge in [0.05, 0.1) is 30.2 Å². The first-order valence-electron chi connectivity index (χ1n) is 8.90. The summed E-state index contributed by atoms with van der Waals surface area (Å²) in [6, 6.07) is 0.274. The number of nitrogens with one attached hydrogen (secondary N) is 1. The summed E-state index contributed by atoms with van der Waals surface area (Å²) in [5.74, 6) is 0.247. The van der Waals surface area contributed by atoms with Crippen LogP contribution in [0, 0.1) is 0 Å². The Morgan fingerprint density at radius 1 is 1.44 bits per heavy atom. The molecule has 0 bridgehead atoms. The molecule has 2 heterocycles. The molecule has 2 aromatic heterocycles. The minimum atomic E-state index is -1.17. The minimum absolute atomic E-state index is 0.121. The van der Waals surface area contributed by atoms with E-state index >= 15 is 0 Å². The summed E-state index contributed by atoms with van der Waals surface area (Å²) < 4.78 is 3.62. The summed E-state index contributed by atoms with van der Waals surface area (Å²) in [7, 11) is 1.80. The third-order valence-electron chi connectivity index (χ3n) is 4.97. The molecule has 0 aliphatic heterocycles. The number of nitrogens with zero attached hydrogens (tertiary/aromatic N) is 4. The lowest BCUT2D eigenvalue weighted by molar-refractivity contribution is 0.0525. The molecule has 1 amide bonds. The standard InChI is InChI=1S/C18H27N5O2/c1-5-12(2)23-16(13-6-7-13)15(9-21-23)17(24)19-11-18(3,25)14-8-20-22(4)10-14/h8-10,12-13,25H,5-7,11H2,1-4H3,(H,19,24). The maximum Gasteiger partial charge on any atom is 0.254 e. The van der Waals surface area contributed by atoms with Gasteiger partial charge in [-0.1, -0.05) is 6.92 Å². The van der Waals surface area contributed by atoms with E-state index in [1.807, 2.05) is 4.68 Å². The number of amides is 1. The zero-order valence-electron chi connectivity index (χ0n) is 15.4. The zero-order valence-corrected chi connectivity index (χ0v) is 15.4. The molecular formula is C18H27N5O2. The number of hydrogen-bond donors (Lipinski definition) is 2. The van der Waals surface area contributed by atoms with E-state index in [0.29, 0.717) is 17.0 Å². The van der Waals surface area contributed by atoms with Gasteiger partial charge in [0.1, 0.15) is 5.60 Å². The average molecular weight is 345 g/mol. The normalized spacial score (nSPS) is 18.0. The number of hydrogen-bond acceptors (Lipinski definition) is 4. The van der Waals surface area contributed by atoms with E-state index < -0.39 is 5.60 Å². The molecule has 3 rings (SSSR count). The van der Waals surface area contributed by atoms with Crippen LogP contribution < -0.4 is 5.32 Å². The first kappa shape index (κ1) is 17.7. The van der Waals surface area contributed by atoms with Crippen LogP contribution in [0.2, 0.25) is 0 Å².